The summed E-state index contributed by atoms with van der Waals surface area (Å²) in [5, 5.41) is 7.11. The van der Waals surface area contributed by atoms with Crippen LogP contribution in [-0.4, -0.2) is 30.6 Å². The van der Waals surface area contributed by atoms with E-state index < -0.39 is 5.41 Å². The van der Waals surface area contributed by atoms with Crippen molar-refractivity contribution in [3.63, 3.8) is 0 Å². The average molecular weight is 367 g/mol. The van der Waals surface area contributed by atoms with E-state index in [0.717, 1.165) is 0 Å². The van der Waals surface area contributed by atoms with Crippen LogP contribution in [0.4, 0.5) is 16.0 Å². The fourth-order valence-corrected chi connectivity index (χ4v) is 3.11. The maximum Gasteiger partial charge on any atom is 0.235 e. The zero-order valence-corrected chi connectivity index (χ0v) is 15.1. The number of halogens is 1. The van der Waals surface area contributed by atoms with Gasteiger partial charge in [0.2, 0.25) is 17.6 Å². The Kier molecular flexibility index (Phi) is 3.69. The number of hydrogen-bond acceptors (Lipinski definition) is 6. The first kappa shape index (κ1) is 17.1. The maximum atomic E-state index is 13.9. The lowest BCUT2D eigenvalue weighted by Gasteiger charge is -2.15. The van der Waals surface area contributed by atoms with E-state index in [1.165, 1.54) is 6.07 Å². The standard InChI is InChI=1S/C18H18FN7O/c1-9-21-16(25-26(9)8-10-6-4-5-7-11(10)19)15-22-13(20)12-14(23-15)24-17(27)18(12,2)3/h4-7H,8H2,1-3H3,(H3,20,22,23,24,27). The van der Waals surface area contributed by atoms with Crippen LogP contribution < -0.4 is 11.1 Å². The minimum Gasteiger partial charge on any atom is -0.383 e. The van der Waals surface area contributed by atoms with Crippen molar-refractivity contribution in [2.24, 2.45) is 0 Å². The van der Waals surface area contributed by atoms with Gasteiger partial charge in [-0.05, 0) is 26.8 Å². The number of nitrogens with one attached hydrogen (secondary N) is 1. The molecule has 0 bridgehead atoms. The summed E-state index contributed by atoms with van der Waals surface area (Å²) in [5.74, 6) is 1.14. The van der Waals surface area contributed by atoms with E-state index in [1.807, 2.05) is 0 Å². The highest BCUT2D eigenvalue weighted by atomic mass is 19.1. The van der Waals surface area contributed by atoms with Crippen LogP contribution in [0.15, 0.2) is 24.3 Å². The Labute approximate surface area is 154 Å². The smallest absolute Gasteiger partial charge is 0.235 e. The van der Waals surface area contributed by atoms with Gasteiger partial charge in [0.25, 0.3) is 0 Å². The van der Waals surface area contributed by atoms with Crippen molar-refractivity contribution >= 4 is 17.5 Å². The molecule has 9 heteroatoms. The normalized spacial score (nSPS) is 14.9. The van der Waals surface area contributed by atoms with Gasteiger partial charge < -0.3 is 11.1 Å². The molecular weight excluding hydrogens is 349 g/mol. The molecule has 4 rings (SSSR count). The molecule has 0 radical (unpaired) electrons. The number of fused-ring (bicyclic) bond motifs is 1. The van der Waals surface area contributed by atoms with Crippen LogP contribution >= 0.6 is 0 Å². The number of benzene rings is 1. The Bertz CT molecular complexity index is 1070. The Balaban J connectivity index is 1.72. The van der Waals surface area contributed by atoms with E-state index in [0.29, 0.717) is 22.8 Å². The molecule has 1 amide bonds. The van der Waals surface area contributed by atoms with Gasteiger partial charge in [-0.2, -0.15) is 0 Å². The number of rotatable bonds is 3. The van der Waals surface area contributed by atoms with Crippen LogP contribution in [0.5, 0.6) is 0 Å². The third-order valence-electron chi connectivity index (χ3n) is 4.70. The van der Waals surface area contributed by atoms with Gasteiger partial charge in [0.15, 0.2) is 0 Å². The predicted molar refractivity (Wildman–Crippen MR) is 97.4 cm³/mol. The molecule has 0 saturated heterocycles. The van der Waals surface area contributed by atoms with Gasteiger partial charge in [0.1, 0.15) is 23.3 Å². The number of carbonyl (C=O) groups excluding carboxylic acids is 1. The van der Waals surface area contributed by atoms with Gasteiger partial charge in [-0.15, -0.1) is 5.10 Å². The summed E-state index contributed by atoms with van der Waals surface area (Å²) in [4.78, 5) is 25.2. The van der Waals surface area contributed by atoms with E-state index in [-0.39, 0.29) is 35.7 Å². The van der Waals surface area contributed by atoms with E-state index in [4.69, 9.17) is 5.73 Å². The minimum atomic E-state index is -0.800. The lowest BCUT2D eigenvalue weighted by Crippen LogP contribution is -2.27. The van der Waals surface area contributed by atoms with E-state index >= 15 is 0 Å². The molecule has 3 N–H and O–H groups in total. The second-order valence-electron chi connectivity index (χ2n) is 6.97. The number of carbonyl (C=O) groups is 1. The summed E-state index contributed by atoms with van der Waals surface area (Å²) in [6, 6.07) is 6.49. The summed E-state index contributed by atoms with van der Waals surface area (Å²) in [7, 11) is 0. The highest BCUT2D eigenvalue weighted by Crippen LogP contribution is 2.39. The lowest BCUT2D eigenvalue weighted by atomic mass is 9.87. The molecule has 138 valence electrons. The second-order valence-corrected chi connectivity index (χ2v) is 6.97. The molecule has 1 aliphatic rings. The quantitative estimate of drug-likeness (QED) is 0.733. The first-order valence-corrected chi connectivity index (χ1v) is 8.42. The molecule has 27 heavy (non-hydrogen) atoms. The molecule has 0 atom stereocenters. The maximum absolute atomic E-state index is 13.9. The number of nitrogen functional groups attached to an aromatic ring is 1. The Hall–Kier alpha value is -3.36. The molecule has 3 aromatic rings. The Morgan fingerprint density at radius 1 is 1.19 bits per heavy atom. The summed E-state index contributed by atoms with van der Waals surface area (Å²) in [5.41, 5.74) is 6.35. The summed E-state index contributed by atoms with van der Waals surface area (Å²) < 4.78 is 15.5. The molecule has 1 aliphatic heterocycles. The third kappa shape index (κ3) is 2.71. The van der Waals surface area contributed by atoms with Gasteiger partial charge in [0.05, 0.1) is 17.5 Å². The first-order valence-electron chi connectivity index (χ1n) is 8.42. The van der Waals surface area contributed by atoms with Crippen molar-refractivity contribution < 1.29 is 9.18 Å². The van der Waals surface area contributed by atoms with Crippen LogP contribution in [0, 0.1) is 12.7 Å². The molecule has 0 aliphatic carbocycles. The Morgan fingerprint density at radius 3 is 2.67 bits per heavy atom. The summed E-state index contributed by atoms with van der Waals surface area (Å²) >= 11 is 0. The van der Waals surface area contributed by atoms with Crippen molar-refractivity contribution in [2.75, 3.05) is 11.1 Å². The number of nitrogens with two attached hydrogens (primary N) is 1. The van der Waals surface area contributed by atoms with Crippen LogP contribution in [0.3, 0.4) is 0 Å². The zero-order chi connectivity index (χ0) is 19.3. The van der Waals surface area contributed by atoms with Crippen LogP contribution in [0.25, 0.3) is 11.6 Å². The van der Waals surface area contributed by atoms with Gasteiger partial charge in [-0.25, -0.2) is 24.0 Å². The molecule has 2 aromatic heterocycles. The lowest BCUT2D eigenvalue weighted by molar-refractivity contribution is -0.119. The molecule has 3 heterocycles. The number of hydrogen-bond donors (Lipinski definition) is 2. The third-order valence-corrected chi connectivity index (χ3v) is 4.70. The molecule has 0 spiro atoms. The number of amides is 1. The van der Waals surface area contributed by atoms with Crippen molar-refractivity contribution in [3.05, 3.63) is 47.0 Å². The van der Waals surface area contributed by atoms with Gasteiger partial charge >= 0.3 is 0 Å². The van der Waals surface area contributed by atoms with Crippen LogP contribution in [-0.2, 0) is 16.8 Å². The van der Waals surface area contributed by atoms with Crippen LogP contribution in [0.2, 0.25) is 0 Å². The van der Waals surface area contributed by atoms with Crippen molar-refractivity contribution in [1.82, 2.24) is 24.7 Å². The SMILES string of the molecule is Cc1nc(-c2nc(N)c3c(n2)NC(=O)C3(C)C)nn1Cc1ccccc1F. The fourth-order valence-electron chi connectivity index (χ4n) is 3.11. The molecule has 1 aromatic carbocycles. The van der Waals surface area contributed by atoms with Crippen molar-refractivity contribution in [2.45, 2.75) is 32.7 Å². The fraction of sp³-hybridized carbons (Fsp3) is 0.278. The first-order chi connectivity index (χ1) is 12.8. The van der Waals surface area contributed by atoms with Crippen molar-refractivity contribution in [1.29, 1.82) is 0 Å². The van der Waals surface area contributed by atoms with Crippen LogP contribution in [0.1, 0.15) is 30.8 Å². The van der Waals surface area contributed by atoms with E-state index in [2.05, 4.69) is 25.4 Å². The monoisotopic (exact) mass is 367 g/mol. The van der Waals surface area contributed by atoms with Gasteiger partial charge in [-0.3, -0.25) is 4.79 Å². The number of aryl methyl sites for hydroxylation is 1. The number of anilines is 2. The zero-order valence-electron chi connectivity index (χ0n) is 15.1. The molecule has 0 unspecified atom stereocenters. The van der Waals surface area contributed by atoms with Gasteiger partial charge in [0, 0.05) is 5.56 Å². The Morgan fingerprint density at radius 2 is 1.93 bits per heavy atom. The average Bonchev–Trinajstić information content (AvgIpc) is 3.07. The molecular formula is C18H18FN7O. The topological polar surface area (TPSA) is 112 Å². The van der Waals surface area contributed by atoms with E-state index in [9.17, 15) is 9.18 Å². The molecule has 0 fully saturated rings. The molecule has 8 nitrogen and oxygen atoms in total. The highest BCUT2D eigenvalue weighted by molar-refractivity contribution is 6.06. The summed E-state index contributed by atoms with van der Waals surface area (Å²) in [6.45, 7) is 5.52. The van der Waals surface area contributed by atoms with Crippen molar-refractivity contribution in [3.8, 4) is 11.6 Å². The number of aromatic nitrogens is 5. The van der Waals surface area contributed by atoms with E-state index in [1.54, 1.807) is 43.7 Å². The highest BCUT2D eigenvalue weighted by Gasteiger charge is 2.42. The predicted octanol–water partition coefficient (Wildman–Crippen LogP) is 2.04. The minimum absolute atomic E-state index is 0.190. The largest absolute Gasteiger partial charge is 0.383 e. The number of nitrogens with zero attached hydrogens (tertiary/aromatic N) is 5. The second kappa shape index (κ2) is 5.83. The summed E-state index contributed by atoms with van der Waals surface area (Å²) in [6.07, 6.45) is 0. The van der Waals surface area contributed by atoms with Gasteiger partial charge in [-0.1, -0.05) is 18.2 Å². The molecule has 0 saturated carbocycles.